The molecule has 0 aliphatic heterocycles. The SMILES string of the molecule is O=C(CSc1n[nH]c(=O)[nH]c1=O)c1ccc(Cl)cc1. The normalized spacial score (nSPS) is 10.4. The van der Waals surface area contributed by atoms with Gasteiger partial charge < -0.3 is 0 Å². The van der Waals surface area contributed by atoms with Gasteiger partial charge in [0.2, 0.25) is 0 Å². The van der Waals surface area contributed by atoms with Crippen molar-refractivity contribution in [2.75, 3.05) is 5.75 Å². The molecular formula is C11H8ClN3O3S. The average Bonchev–Trinajstić information content (AvgIpc) is 2.38. The molecule has 0 radical (unpaired) electrons. The molecule has 2 aromatic rings. The van der Waals surface area contributed by atoms with E-state index in [2.05, 4.69) is 10.2 Å². The van der Waals surface area contributed by atoms with Gasteiger partial charge in [-0.05, 0) is 24.3 Å². The van der Waals surface area contributed by atoms with Crippen LogP contribution in [0.4, 0.5) is 0 Å². The Bertz CT molecular complexity index is 708. The van der Waals surface area contributed by atoms with Crippen molar-refractivity contribution in [3.63, 3.8) is 0 Å². The predicted molar refractivity (Wildman–Crippen MR) is 72.0 cm³/mol. The molecule has 19 heavy (non-hydrogen) atoms. The fourth-order valence-electron chi connectivity index (χ4n) is 1.29. The van der Waals surface area contributed by atoms with E-state index in [1.165, 1.54) is 0 Å². The van der Waals surface area contributed by atoms with Crippen LogP contribution < -0.4 is 11.2 Å². The summed E-state index contributed by atoms with van der Waals surface area (Å²) in [5.41, 5.74) is -0.797. The van der Waals surface area contributed by atoms with Gasteiger partial charge in [-0.2, -0.15) is 5.10 Å². The fraction of sp³-hybridized carbons (Fsp3) is 0.0909. The average molecular weight is 298 g/mol. The van der Waals surface area contributed by atoms with Crippen LogP contribution in [0.2, 0.25) is 5.02 Å². The van der Waals surface area contributed by atoms with Crippen LogP contribution in [0, 0.1) is 0 Å². The highest BCUT2D eigenvalue weighted by molar-refractivity contribution is 7.99. The van der Waals surface area contributed by atoms with Crippen molar-refractivity contribution in [1.29, 1.82) is 0 Å². The van der Waals surface area contributed by atoms with Crippen molar-refractivity contribution >= 4 is 29.1 Å². The van der Waals surface area contributed by atoms with E-state index >= 15 is 0 Å². The van der Waals surface area contributed by atoms with Gasteiger partial charge >= 0.3 is 5.69 Å². The molecule has 1 heterocycles. The highest BCUT2D eigenvalue weighted by Crippen LogP contribution is 2.14. The lowest BCUT2D eigenvalue weighted by atomic mass is 10.1. The summed E-state index contributed by atoms with van der Waals surface area (Å²) < 4.78 is 0. The van der Waals surface area contributed by atoms with Crippen LogP contribution in [0.3, 0.4) is 0 Å². The number of nitrogens with one attached hydrogen (secondary N) is 2. The molecule has 0 saturated carbocycles. The van der Waals surface area contributed by atoms with Gasteiger partial charge in [-0.3, -0.25) is 14.6 Å². The van der Waals surface area contributed by atoms with E-state index in [4.69, 9.17) is 11.6 Å². The third-order valence-corrected chi connectivity index (χ3v) is 3.40. The highest BCUT2D eigenvalue weighted by atomic mass is 35.5. The van der Waals surface area contributed by atoms with Crippen LogP contribution in [0.15, 0.2) is 38.9 Å². The van der Waals surface area contributed by atoms with Crippen molar-refractivity contribution in [2.45, 2.75) is 5.03 Å². The molecule has 8 heteroatoms. The standard InChI is InChI=1S/C11H8ClN3O3S/c12-7-3-1-6(2-4-7)8(16)5-19-10-9(17)13-11(18)15-14-10/h1-4H,5H2,(H2,13,15,17,18). The Morgan fingerprint density at radius 2 is 1.95 bits per heavy atom. The summed E-state index contributed by atoms with van der Waals surface area (Å²) in [5, 5.41) is 6.25. The first-order chi connectivity index (χ1) is 9.06. The van der Waals surface area contributed by atoms with Crippen LogP contribution in [0.1, 0.15) is 10.4 Å². The molecule has 0 fully saturated rings. The first-order valence-electron chi connectivity index (χ1n) is 5.17. The molecule has 1 aromatic heterocycles. The number of aromatic amines is 2. The van der Waals surface area contributed by atoms with Crippen LogP contribution >= 0.6 is 23.4 Å². The number of H-pyrrole nitrogens is 2. The third-order valence-electron chi connectivity index (χ3n) is 2.19. The number of hydrogen-bond acceptors (Lipinski definition) is 5. The zero-order valence-electron chi connectivity index (χ0n) is 9.47. The first-order valence-corrected chi connectivity index (χ1v) is 6.53. The maximum absolute atomic E-state index is 11.8. The number of thioether (sulfide) groups is 1. The molecule has 6 nitrogen and oxygen atoms in total. The summed E-state index contributed by atoms with van der Waals surface area (Å²) in [6.45, 7) is 0. The second-order valence-corrected chi connectivity index (χ2v) is 4.93. The van der Waals surface area contributed by atoms with Gasteiger partial charge in [0.05, 0.1) is 5.75 Å². The number of nitrogens with zero attached hydrogens (tertiary/aromatic N) is 1. The molecule has 1 aromatic carbocycles. The lowest BCUT2D eigenvalue weighted by Gasteiger charge is -2.00. The van der Waals surface area contributed by atoms with Gasteiger partial charge in [0.1, 0.15) is 0 Å². The van der Waals surface area contributed by atoms with Crippen molar-refractivity contribution in [3.05, 3.63) is 55.7 Å². The van der Waals surface area contributed by atoms with Crippen LogP contribution in [0.25, 0.3) is 0 Å². The van der Waals surface area contributed by atoms with Crippen molar-refractivity contribution < 1.29 is 4.79 Å². The molecule has 0 aliphatic carbocycles. The molecule has 0 unspecified atom stereocenters. The molecule has 0 saturated heterocycles. The molecule has 0 bridgehead atoms. The lowest BCUT2D eigenvalue weighted by molar-refractivity contribution is 0.102. The minimum Gasteiger partial charge on any atom is -0.293 e. The summed E-state index contributed by atoms with van der Waals surface area (Å²) in [7, 11) is 0. The summed E-state index contributed by atoms with van der Waals surface area (Å²) in [4.78, 5) is 36.0. The first kappa shape index (κ1) is 13.6. The monoisotopic (exact) mass is 297 g/mol. The number of aromatic nitrogens is 3. The number of Topliss-reactive ketones (excluding diaryl/α,β-unsaturated/α-hetero) is 1. The summed E-state index contributed by atoms with van der Waals surface area (Å²) >= 11 is 6.67. The van der Waals surface area contributed by atoms with Crippen LogP contribution in [0.5, 0.6) is 0 Å². The van der Waals surface area contributed by atoms with Gasteiger partial charge in [-0.1, -0.05) is 23.4 Å². The lowest BCUT2D eigenvalue weighted by Crippen LogP contribution is -2.25. The largest absolute Gasteiger partial charge is 0.342 e. The topological polar surface area (TPSA) is 95.7 Å². The van der Waals surface area contributed by atoms with Crippen molar-refractivity contribution in [1.82, 2.24) is 15.2 Å². The van der Waals surface area contributed by atoms with Crippen molar-refractivity contribution in [2.24, 2.45) is 0 Å². The Balaban J connectivity index is 2.06. The number of ketones is 1. The fourth-order valence-corrected chi connectivity index (χ4v) is 2.14. The van der Waals surface area contributed by atoms with E-state index in [9.17, 15) is 14.4 Å². The van der Waals surface area contributed by atoms with Gasteiger partial charge in [0.15, 0.2) is 10.8 Å². The smallest absolute Gasteiger partial charge is 0.293 e. The van der Waals surface area contributed by atoms with E-state index < -0.39 is 11.2 Å². The molecule has 0 aliphatic rings. The van der Waals surface area contributed by atoms with Crippen molar-refractivity contribution in [3.8, 4) is 0 Å². The van der Waals surface area contributed by atoms with Gasteiger partial charge in [-0.15, -0.1) is 0 Å². The Hall–Kier alpha value is -1.86. The van der Waals surface area contributed by atoms with E-state index in [0.29, 0.717) is 10.6 Å². The molecule has 2 rings (SSSR count). The van der Waals surface area contributed by atoms with Crippen LogP contribution in [-0.4, -0.2) is 26.7 Å². The number of hydrogen-bond donors (Lipinski definition) is 2. The number of carbonyl (C=O) groups is 1. The van der Waals surface area contributed by atoms with Gasteiger partial charge in [-0.25, -0.2) is 9.89 Å². The number of carbonyl (C=O) groups excluding carboxylic acids is 1. The van der Waals surface area contributed by atoms with E-state index in [1.54, 1.807) is 24.3 Å². The zero-order chi connectivity index (χ0) is 13.8. The Morgan fingerprint density at radius 1 is 1.26 bits per heavy atom. The Labute approximate surface area is 116 Å². The molecule has 98 valence electrons. The maximum Gasteiger partial charge on any atom is 0.342 e. The van der Waals surface area contributed by atoms with Gasteiger partial charge in [0.25, 0.3) is 5.56 Å². The molecule has 0 amide bonds. The minimum atomic E-state index is -0.682. The summed E-state index contributed by atoms with van der Waals surface area (Å²) in [6.07, 6.45) is 0. The second kappa shape index (κ2) is 5.85. The number of rotatable bonds is 4. The molecular weight excluding hydrogens is 290 g/mol. The Morgan fingerprint density at radius 3 is 2.58 bits per heavy atom. The highest BCUT2D eigenvalue weighted by Gasteiger charge is 2.09. The van der Waals surface area contributed by atoms with E-state index in [-0.39, 0.29) is 16.6 Å². The van der Waals surface area contributed by atoms with Gasteiger partial charge in [0, 0.05) is 10.6 Å². The van der Waals surface area contributed by atoms with E-state index in [0.717, 1.165) is 11.8 Å². The molecule has 2 N–H and O–H groups in total. The summed E-state index contributed by atoms with van der Waals surface area (Å²) in [5.74, 6) is -0.113. The van der Waals surface area contributed by atoms with E-state index in [1.807, 2.05) is 4.98 Å². The number of halogens is 1. The minimum absolute atomic E-state index is 0.0434. The maximum atomic E-state index is 11.8. The molecule has 0 spiro atoms. The molecule has 0 atom stereocenters. The predicted octanol–water partition coefficient (Wildman–Crippen LogP) is 1.09. The Kier molecular flexibility index (Phi) is 4.18. The number of benzene rings is 1. The van der Waals surface area contributed by atoms with Crippen LogP contribution in [-0.2, 0) is 0 Å². The zero-order valence-corrected chi connectivity index (χ0v) is 11.0. The summed E-state index contributed by atoms with van der Waals surface area (Å²) in [6, 6.07) is 6.44. The third kappa shape index (κ3) is 3.55. The quantitative estimate of drug-likeness (QED) is 0.650. The second-order valence-electron chi connectivity index (χ2n) is 3.53.